The molecule has 2 aromatic carbocycles. The van der Waals surface area contributed by atoms with Crippen LogP contribution in [0.25, 0.3) is 10.8 Å². The number of fused-ring (bicyclic) bond motifs is 6. The van der Waals surface area contributed by atoms with Crippen molar-refractivity contribution in [1.82, 2.24) is 4.98 Å². The van der Waals surface area contributed by atoms with Crippen LogP contribution in [-0.2, 0) is 20.5 Å². The summed E-state index contributed by atoms with van der Waals surface area (Å²) in [5.41, 5.74) is -2.66. The number of benzene rings is 2. The van der Waals surface area contributed by atoms with E-state index < -0.39 is 52.7 Å². The van der Waals surface area contributed by atoms with E-state index in [1.54, 1.807) is 43.3 Å². The van der Waals surface area contributed by atoms with Crippen LogP contribution in [0.5, 0.6) is 5.88 Å². The standard InChI is InChI=1S/C28H22F3N3O5/c1-26-20(35)12-27(39-26,10-11-38-21-9-7-16(14-33-21)28(29,30)31)23-22(26)24(36)34(25(23)37)19-8-6-15(13-32)17-4-2-3-5-18(17)19/h2-9,14,20,22-23,35H,10-12H2,1H3/t20-,22-,23+,26-,27+/m0/s1. The van der Waals surface area contributed by atoms with Crippen molar-refractivity contribution in [2.45, 2.75) is 43.2 Å². The topological polar surface area (TPSA) is 113 Å². The summed E-state index contributed by atoms with van der Waals surface area (Å²) >= 11 is 0. The SMILES string of the molecule is C[C@]12O[C@](CCOc3ccc(C(F)(F)F)cn3)(C[C@@H]1O)[C@H]1C(=O)N(c3ccc(C#N)c4ccccc34)C(=O)[C@H]12. The van der Waals surface area contributed by atoms with Gasteiger partial charge >= 0.3 is 6.18 Å². The number of nitriles is 1. The lowest BCUT2D eigenvalue weighted by Gasteiger charge is -2.33. The molecule has 11 heteroatoms. The van der Waals surface area contributed by atoms with Crippen molar-refractivity contribution in [2.24, 2.45) is 11.8 Å². The van der Waals surface area contributed by atoms with E-state index in [1.807, 2.05) is 0 Å². The molecular formula is C28H22F3N3O5. The molecular weight excluding hydrogens is 515 g/mol. The molecule has 3 aliphatic heterocycles. The molecule has 8 nitrogen and oxygen atoms in total. The van der Waals surface area contributed by atoms with Gasteiger partial charge in [0.2, 0.25) is 17.7 Å². The van der Waals surface area contributed by atoms with Crippen LogP contribution in [0.2, 0.25) is 0 Å². The normalized spacial score (nSPS) is 29.6. The lowest BCUT2D eigenvalue weighted by molar-refractivity contribution is -0.138. The molecule has 0 saturated carbocycles. The average molecular weight is 537 g/mol. The number of halogens is 3. The quantitative estimate of drug-likeness (QED) is 0.490. The number of carbonyl (C=O) groups excluding carboxylic acids is 2. The Balaban J connectivity index is 1.30. The summed E-state index contributed by atoms with van der Waals surface area (Å²) < 4.78 is 50.3. The average Bonchev–Trinajstić information content (AvgIpc) is 3.44. The lowest BCUT2D eigenvalue weighted by atomic mass is 9.66. The molecule has 3 saturated heterocycles. The van der Waals surface area contributed by atoms with E-state index >= 15 is 0 Å². The second-order valence-electron chi connectivity index (χ2n) is 10.3. The number of hydrogen-bond acceptors (Lipinski definition) is 7. The zero-order chi connectivity index (χ0) is 27.7. The Morgan fingerprint density at radius 3 is 2.51 bits per heavy atom. The van der Waals surface area contributed by atoms with E-state index in [4.69, 9.17) is 9.47 Å². The molecule has 0 unspecified atom stereocenters. The molecule has 3 aromatic rings. The number of aliphatic hydroxyl groups is 1. The van der Waals surface area contributed by atoms with Gasteiger partial charge in [-0.1, -0.05) is 24.3 Å². The maximum atomic E-state index is 13.9. The monoisotopic (exact) mass is 537 g/mol. The van der Waals surface area contributed by atoms with Crippen molar-refractivity contribution in [3.63, 3.8) is 0 Å². The van der Waals surface area contributed by atoms with Crippen LogP contribution in [-0.4, -0.2) is 45.8 Å². The number of aromatic nitrogens is 1. The highest BCUT2D eigenvalue weighted by Gasteiger charge is 2.77. The minimum atomic E-state index is -4.52. The van der Waals surface area contributed by atoms with Gasteiger partial charge in [0.15, 0.2) is 0 Å². The zero-order valence-electron chi connectivity index (χ0n) is 20.6. The predicted molar refractivity (Wildman–Crippen MR) is 130 cm³/mol. The van der Waals surface area contributed by atoms with E-state index in [-0.39, 0.29) is 25.3 Å². The molecule has 0 radical (unpaired) electrons. The van der Waals surface area contributed by atoms with Gasteiger partial charge in [0.05, 0.1) is 53.0 Å². The number of rotatable bonds is 5. The van der Waals surface area contributed by atoms with Crippen molar-refractivity contribution in [3.05, 3.63) is 65.9 Å². The van der Waals surface area contributed by atoms with Crippen molar-refractivity contribution in [1.29, 1.82) is 5.26 Å². The fourth-order valence-corrected chi connectivity index (χ4v) is 6.40. The number of nitrogens with zero attached hydrogens (tertiary/aromatic N) is 3. The lowest BCUT2D eigenvalue weighted by Crippen LogP contribution is -2.49. The number of imide groups is 1. The second-order valence-corrected chi connectivity index (χ2v) is 10.3. The molecule has 1 N–H and O–H groups in total. The number of ether oxygens (including phenoxy) is 2. The van der Waals surface area contributed by atoms with Gasteiger partial charge in [0, 0.05) is 35.9 Å². The number of amides is 2. The molecule has 1 aromatic heterocycles. The first kappa shape index (κ1) is 25.3. The molecule has 200 valence electrons. The largest absolute Gasteiger partial charge is 0.478 e. The minimum Gasteiger partial charge on any atom is -0.478 e. The number of hydrogen-bond donors (Lipinski definition) is 1. The van der Waals surface area contributed by atoms with Crippen LogP contribution in [0.1, 0.15) is 30.9 Å². The van der Waals surface area contributed by atoms with Gasteiger partial charge in [-0.25, -0.2) is 9.88 Å². The highest BCUT2D eigenvalue weighted by Crippen LogP contribution is 2.62. The van der Waals surface area contributed by atoms with Crippen molar-refractivity contribution in [3.8, 4) is 11.9 Å². The number of alkyl halides is 3. The van der Waals surface area contributed by atoms with E-state index in [0.717, 1.165) is 17.0 Å². The summed E-state index contributed by atoms with van der Waals surface area (Å²) in [4.78, 5) is 32.6. The second kappa shape index (κ2) is 8.49. The summed E-state index contributed by atoms with van der Waals surface area (Å²) in [7, 11) is 0. The van der Waals surface area contributed by atoms with E-state index in [1.165, 1.54) is 0 Å². The Labute approximate surface area is 220 Å². The highest BCUT2D eigenvalue weighted by atomic mass is 19.4. The van der Waals surface area contributed by atoms with Gasteiger partial charge in [-0.2, -0.15) is 18.4 Å². The molecule has 0 aliphatic carbocycles. The number of carbonyl (C=O) groups is 2. The van der Waals surface area contributed by atoms with Crippen molar-refractivity contribution >= 4 is 28.3 Å². The Bertz CT molecular complexity index is 1550. The summed E-state index contributed by atoms with van der Waals surface area (Å²) in [5.74, 6) is -2.82. The van der Waals surface area contributed by atoms with Crippen LogP contribution in [0.4, 0.5) is 18.9 Å². The molecule has 4 heterocycles. The van der Waals surface area contributed by atoms with E-state index in [9.17, 15) is 33.1 Å². The zero-order valence-corrected chi connectivity index (χ0v) is 20.6. The maximum Gasteiger partial charge on any atom is 0.417 e. The molecule has 39 heavy (non-hydrogen) atoms. The summed E-state index contributed by atoms with van der Waals surface area (Å²) in [6.45, 7) is 1.56. The van der Waals surface area contributed by atoms with Crippen LogP contribution in [0.15, 0.2) is 54.7 Å². The van der Waals surface area contributed by atoms with Crippen molar-refractivity contribution in [2.75, 3.05) is 11.5 Å². The predicted octanol–water partition coefficient (Wildman–Crippen LogP) is 3.99. The first-order valence-corrected chi connectivity index (χ1v) is 12.3. The number of pyridine rings is 1. The third kappa shape index (κ3) is 3.62. The fourth-order valence-electron chi connectivity index (χ4n) is 6.40. The van der Waals surface area contributed by atoms with Gasteiger partial charge in [-0.05, 0) is 25.1 Å². The summed E-state index contributed by atoms with van der Waals surface area (Å²) in [5, 5.41) is 21.6. The van der Waals surface area contributed by atoms with Gasteiger partial charge < -0.3 is 14.6 Å². The van der Waals surface area contributed by atoms with Crippen LogP contribution in [0, 0.1) is 23.2 Å². The van der Waals surface area contributed by atoms with Gasteiger partial charge in [0.25, 0.3) is 0 Å². The Morgan fingerprint density at radius 2 is 1.85 bits per heavy atom. The first-order chi connectivity index (χ1) is 18.5. The maximum absolute atomic E-state index is 13.9. The first-order valence-electron chi connectivity index (χ1n) is 12.3. The van der Waals surface area contributed by atoms with Crippen LogP contribution in [0.3, 0.4) is 0 Å². The smallest absolute Gasteiger partial charge is 0.417 e. The van der Waals surface area contributed by atoms with Gasteiger partial charge in [0.1, 0.15) is 5.60 Å². The highest BCUT2D eigenvalue weighted by molar-refractivity contribution is 6.26. The number of aliphatic hydroxyl groups excluding tert-OH is 1. The van der Waals surface area contributed by atoms with Crippen LogP contribution < -0.4 is 9.64 Å². The van der Waals surface area contributed by atoms with Gasteiger partial charge in [-0.15, -0.1) is 0 Å². The molecule has 2 bridgehead atoms. The van der Waals surface area contributed by atoms with Crippen molar-refractivity contribution < 1.29 is 37.3 Å². The number of anilines is 1. The van der Waals surface area contributed by atoms with Crippen LogP contribution >= 0.6 is 0 Å². The van der Waals surface area contributed by atoms with Gasteiger partial charge in [-0.3, -0.25) is 9.59 Å². The third-order valence-electron chi connectivity index (χ3n) is 8.22. The Hall–Kier alpha value is -4.01. The molecule has 2 amide bonds. The minimum absolute atomic E-state index is 0.0326. The molecule has 3 fully saturated rings. The summed E-state index contributed by atoms with van der Waals surface area (Å²) in [6.07, 6.45) is -4.67. The molecule has 0 spiro atoms. The Morgan fingerprint density at radius 1 is 1.13 bits per heavy atom. The van der Waals surface area contributed by atoms with E-state index in [0.29, 0.717) is 28.2 Å². The van der Waals surface area contributed by atoms with E-state index in [2.05, 4.69) is 11.1 Å². The molecule has 5 atom stereocenters. The molecule has 6 rings (SSSR count). The summed E-state index contributed by atoms with van der Waals surface area (Å²) in [6, 6.07) is 14.2. The Kier molecular flexibility index (Phi) is 5.51. The third-order valence-corrected chi connectivity index (χ3v) is 8.22. The molecule has 3 aliphatic rings. The fraction of sp³-hybridized carbons (Fsp3) is 0.357.